The topological polar surface area (TPSA) is 55.2 Å². The highest BCUT2D eigenvalue weighted by Crippen LogP contribution is 2.24. The maximum atomic E-state index is 10.7. The van der Waals surface area contributed by atoms with Crippen molar-refractivity contribution in [3.05, 3.63) is 34.4 Å². The van der Waals surface area contributed by atoms with Gasteiger partial charge in [0.15, 0.2) is 0 Å². The van der Waals surface area contributed by atoms with Crippen LogP contribution in [0, 0.1) is 16.0 Å². The zero-order valence-electron chi connectivity index (χ0n) is 9.23. The molecule has 0 saturated carbocycles. The Morgan fingerprint density at radius 2 is 1.87 bits per heavy atom. The van der Waals surface area contributed by atoms with E-state index in [0.717, 1.165) is 0 Å². The summed E-state index contributed by atoms with van der Waals surface area (Å²) in [5.74, 6) is 0.435. The number of nitrogens with zero attached hydrogens (tertiary/aromatic N) is 1. The van der Waals surface area contributed by atoms with Crippen LogP contribution in [0.5, 0.6) is 0 Å². The number of benzene rings is 1. The van der Waals surface area contributed by atoms with Gasteiger partial charge in [-0.15, -0.1) is 0 Å². The number of rotatable bonds is 4. The van der Waals surface area contributed by atoms with E-state index in [1.807, 2.05) is 6.92 Å². The molecule has 0 aliphatic carbocycles. The fourth-order valence-corrected chi connectivity index (χ4v) is 1.17. The molecule has 0 spiro atoms. The third-order valence-electron chi connectivity index (χ3n) is 2.48. The lowest BCUT2D eigenvalue weighted by Gasteiger charge is -2.18. The number of nitro groups is 1. The Morgan fingerprint density at radius 1 is 1.27 bits per heavy atom. The van der Waals surface area contributed by atoms with E-state index in [0.29, 0.717) is 11.6 Å². The monoisotopic (exact) mass is 208 g/mol. The first kappa shape index (κ1) is 11.5. The molecule has 4 heteroatoms. The molecule has 0 radical (unpaired) electrons. The lowest BCUT2D eigenvalue weighted by Crippen LogP contribution is -2.21. The Hall–Kier alpha value is -1.58. The van der Waals surface area contributed by atoms with Crippen LogP contribution < -0.4 is 5.32 Å². The maximum absolute atomic E-state index is 10.7. The Balaban J connectivity index is 2.89. The standard InChI is InChI=1S/C11H16N2O2/c1-8(2)9(3)12-10-6-4-5-7-11(10)13(14)15/h4-9,12H,1-3H3/t9-/m1/s1. The molecule has 0 saturated heterocycles. The van der Waals surface area contributed by atoms with E-state index < -0.39 is 0 Å². The second-order valence-electron chi connectivity index (χ2n) is 3.95. The SMILES string of the molecule is CC(C)[C@@H](C)Nc1ccccc1[N+](=O)[O-]. The Bertz CT molecular complexity index is 350. The van der Waals surface area contributed by atoms with Crippen molar-refractivity contribution in [2.75, 3.05) is 5.32 Å². The van der Waals surface area contributed by atoms with Crippen molar-refractivity contribution in [2.24, 2.45) is 5.92 Å². The van der Waals surface area contributed by atoms with Gasteiger partial charge in [-0.25, -0.2) is 0 Å². The van der Waals surface area contributed by atoms with Gasteiger partial charge in [-0.05, 0) is 18.9 Å². The summed E-state index contributed by atoms with van der Waals surface area (Å²) in [5, 5.41) is 13.9. The van der Waals surface area contributed by atoms with Crippen LogP contribution in [0.1, 0.15) is 20.8 Å². The summed E-state index contributed by atoms with van der Waals surface area (Å²) in [6.45, 7) is 6.17. The molecule has 4 nitrogen and oxygen atoms in total. The van der Waals surface area contributed by atoms with E-state index in [1.165, 1.54) is 6.07 Å². The fraction of sp³-hybridized carbons (Fsp3) is 0.455. The lowest BCUT2D eigenvalue weighted by atomic mass is 10.1. The second kappa shape index (κ2) is 4.77. The molecule has 0 aliphatic heterocycles. The van der Waals surface area contributed by atoms with Crippen molar-refractivity contribution < 1.29 is 4.92 Å². The highest BCUT2D eigenvalue weighted by molar-refractivity contribution is 5.61. The van der Waals surface area contributed by atoms with E-state index in [9.17, 15) is 10.1 Å². The third kappa shape index (κ3) is 2.94. The first-order valence-corrected chi connectivity index (χ1v) is 5.02. The average molecular weight is 208 g/mol. The number of nitro benzene ring substituents is 1. The molecule has 0 heterocycles. The van der Waals surface area contributed by atoms with Crippen molar-refractivity contribution in [3.8, 4) is 0 Å². The summed E-state index contributed by atoms with van der Waals surface area (Å²) in [4.78, 5) is 10.4. The maximum Gasteiger partial charge on any atom is 0.292 e. The molecule has 0 unspecified atom stereocenters. The zero-order valence-corrected chi connectivity index (χ0v) is 9.23. The smallest absolute Gasteiger partial charge is 0.292 e. The molecule has 1 atom stereocenters. The summed E-state index contributed by atoms with van der Waals surface area (Å²) >= 11 is 0. The summed E-state index contributed by atoms with van der Waals surface area (Å²) in [6, 6.07) is 6.92. The Labute approximate surface area is 89.5 Å². The Kier molecular flexibility index (Phi) is 3.66. The highest BCUT2D eigenvalue weighted by atomic mass is 16.6. The van der Waals surface area contributed by atoms with Gasteiger partial charge in [0, 0.05) is 12.1 Å². The highest BCUT2D eigenvalue weighted by Gasteiger charge is 2.15. The molecular weight excluding hydrogens is 192 g/mol. The second-order valence-corrected chi connectivity index (χ2v) is 3.95. The van der Waals surface area contributed by atoms with E-state index in [1.54, 1.807) is 18.2 Å². The van der Waals surface area contributed by atoms with Crippen LogP contribution in [0.15, 0.2) is 24.3 Å². The summed E-state index contributed by atoms with van der Waals surface area (Å²) in [5.41, 5.74) is 0.716. The largest absolute Gasteiger partial charge is 0.377 e. The molecule has 1 aromatic rings. The summed E-state index contributed by atoms with van der Waals surface area (Å²) < 4.78 is 0. The van der Waals surface area contributed by atoms with Gasteiger partial charge in [0.05, 0.1) is 4.92 Å². The van der Waals surface area contributed by atoms with Gasteiger partial charge in [-0.3, -0.25) is 10.1 Å². The average Bonchev–Trinajstić information content (AvgIpc) is 2.18. The van der Waals surface area contributed by atoms with Crippen molar-refractivity contribution in [2.45, 2.75) is 26.8 Å². The van der Waals surface area contributed by atoms with E-state index in [2.05, 4.69) is 19.2 Å². The van der Waals surface area contributed by atoms with Crippen molar-refractivity contribution in [3.63, 3.8) is 0 Å². The van der Waals surface area contributed by atoms with Gasteiger partial charge < -0.3 is 5.32 Å². The van der Waals surface area contributed by atoms with Gasteiger partial charge in [0.25, 0.3) is 5.69 Å². The normalized spacial score (nSPS) is 12.5. The van der Waals surface area contributed by atoms with Crippen LogP contribution in [-0.4, -0.2) is 11.0 Å². The molecule has 0 aliphatic rings. The van der Waals surface area contributed by atoms with Gasteiger partial charge in [0.2, 0.25) is 0 Å². The third-order valence-corrected chi connectivity index (χ3v) is 2.48. The lowest BCUT2D eigenvalue weighted by molar-refractivity contribution is -0.384. The molecular formula is C11H16N2O2. The van der Waals surface area contributed by atoms with Crippen molar-refractivity contribution in [1.82, 2.24) is 0 Å². The van der Waals surface area contributed by atoms with Crippen LogP contribution in [0.2, 0.25) is 0 Å². The fourth-order valence-electron chi connectivity index (χ4n) is 1.17. The molecule has 1 N–H and O–H groups in total. The predicted molar refractivity (Wildman–Crippen MR) is 61.0 cm³/mol. The number of anilines is 1. The molecule has 82 valence electrons. The molecule has 0 amide bonds. The van der Waals surface area contributed by atoms with E-state index in [-0.39, 0.29) is 16.7 Å². The molecule has 1 rings (SSSR count). The van der Waals surface area contributed by atoms with Gasteiger partial charge >= 0.3 is 0 Å². The summed E-state index contributed by atoms with van der Waals surface area (Å²) in [7, 11) is 0. The molecule has 0 bridgehead atoms. The molecule has 1 aromatic carbocycles. The first-order chi connectivity index (χ1) is 7.02. The number of para-hydroxylation sites is 2. The molecule has 0 aromatic heterocycles. The van der Waals surface area contributed by atoms with Crippen molar-refractivity contribution >= 4 is 11.4 Å². The minimum Gasteiger partial charge on any atom is -0.377 e. The van der Waals surface area contributed by atoms with Crippen LogP contribution in [0.3, 0.4) is 0 Å². The number of nitrogens with one attached hydrogen (secondary N) is 1. The van der Waals surface area contributed by atoms with E-state index in [4.69, 9.17) is 0 Å². The number of hydrogen-bond donors (Lipinski definition) is 1. The quantitative estimate of drug-likeness (QED) is 0.611. The van der Waals surface area contributed by atoms with Crippen LogP contribution in [0.25, 0.3) is 0 Å². The zero-order chi connectivity index (χ0) is 11.4. The summed E-state index contributed by atoms with van der Waals surface area (Å²) in [6.07, 6.45) is 0. The minimum atomic E-state index is -0.366. The van der Waals surface area contributed by atoms with Gasteiger partial charge in [-0.2, -0.15) is 0 Å². The minimum absolute atomic E-state index is 0.130. The molecule has 0 fully saturated rings. The van der Waals surface area contributed by atoms with Crippen molar-refractivity contribution in [1.29, 1.82) is 0 Å². The van der Waals surface area contributed by atoms with Gasteiger partial charge in [0.1, 0.15) is 5.69 Å². The van der Waals surface area contributed by atoms with E-state index >= 15 is 0 Å². The van der Waals surface area contributed by atoms with Gasteiger partial charge in [-0.1, -0.05) is 26.0 Å². The first-order valence-electron chi connectivity index (χ1n) is 5.02. The number of hydrogen-bond acceptors (Lipinski definition) is 3. The predicted octanol–water partition coefficient (Wildman–Crippen LogP) is 3.05. The van der Waals surface area contributed by atoms with Crippen LogP contribution in [0.4, 0.5) is 11.4 Å². The van der Waals surface area contributed by atoms with Crippen LogP contribution >= 0.6 is 0 Å². The molecule has 15 heavy (non-hydrogen) atoms. The van der Waals surface area contributed by atoms with Crippen LogP contribution in [-0.2, 0) is 0 Å². The Morgan fingerprint density at radius 3 is 2.40 bits per heavy atom.